The number of ether oxygens (including phenoxy) is 2. The van der Waals surface area contributed by atoms with Gasteiger partial charge in [0, 0.05) is 31.9 Å². The van der Waals surface area contributed by atoms with Crippen molar-refractivity contribution in [3.05, 3.63) is 73.7 Å². The Labute approximate surface area is 199 Å². The molecule has 0 amide bonds. The van der Waals surface area contributed by atoms with Gasteiger partial charge in [-0.3, -0.25) is 5.21 Å². The second-order valence-electron chi connectivity index (χ2n) is 7.00. The minimum absolute atomic E-state index is 0.138. The molecule has 2 heterocycles. The molecule has 0 fully saturated rings. The van der Waals surface area contributed by atoms with Crippen LogP contribution in [-0.4, -0.2) is 30.5 Å². The van der Waals surface area contributed by atoms with Crippen LogP contribution in [-0.2, 0) is 17.8 Å². The van der Waals surface area contributed by atoms with Gasteiger partial charge in [-0.1, -0.05) is 29.3 Å². The molecule has 3 rings (SSSR count). The Morgan fingerprint density at radius 2 is 1.78 bits per heavy atom. The van der Waals surface area contributed by atoms with E-state index in [0.29, 0.717) is 32.4 Å². The van der Waals surface area contributed by atoms with Gasteiger partial charge in [0.1, 0.15) is 10.0 Å². The molecule has 1 unspecified atom stereocenters. The number of nitrogens with zero attached hydrogens (tertiary/aromatic N) is 1. The first-order valence-electron chi connectivity index (χ1n) is 9.49. The maximum absolute atomic E-state index is 12.4. The van der Waals surface area contributed by atoms with Crippen molar-refractivity contribution < 1.29 is 34.4 Å². The van der Waals surface area contributed by atoms with Crippen molar-refractivity contribution in [1.29, 1.82) is 0 Å². The van der Waals surface area contributed by atoms with Crippen LogP contribution < -0.4 is 19.3 Å². The summed E-state index contributed by atoms with van der Waals surface area (Å²) in [5.41, 5.74) is 1.12. The number of carboxylic acid groups (broad SMARTS) is 1. The molecule has 2 N–H and O–H groups in total. The van der Waals surface area contributed by atoms with Gasteiger partial charge < -0.3 is 24.5 Å². The van der Waals surface area contributed by atoms with Gasteiger partial charge in [-0.25, -0.2) is 0 Å². The molecule has 1 aromatic carbocycles. The summed E-state index contributed by atoms with van der Waals surface area (Å²) in [6, 6.07) is 8.49. The van der Waals surface area contributed by atoms with Crippen LogP contribution in [0.15, 0.2) is 42.7 Å². The minimum Gasteiger partial charge on any atom is -0.549 e. The van der Waals surface area contributed by atoms with E-state index in [1.165, 1.54) is 38.0 Å². The molecule has 3 aromatic rings. The maximum Gasteiger partial charge on any atom is 0.241 e. The van der Waals surface area contributed by atoms with Crippen molar-refractivity contribution in [1.82, 2.24) is 0 Å². The summed E-state index contributed by atoms with van der Waals surface area (Å²) >= 11 is 13.8. The van der Waals surface area contributed by atoms with Crippen molar-refractivity contribution in [3.63, 3.8) is 0 Å². The number of thiophene rings is 1. The number of carboxylic acids is 1. The molecule has 170 valence electrons. The van der Waals surface area contributed by atoms with Crippen LogP contribution in [0.5, 0.6) is 11.5 Å². The van der Waals surface area contributed by atoms with E-state index < -0.39 is 17.8 Å². The zero-order chi connectivity index (χ0) is 23.4. The monoisotopic (exact) mass is 497 g/mol. The van der Waals surface area contributed by atoms with Crippen molar-refractivity contribution in [3.8, 4) is 11.5 Å². The fourth-order valence-corrected chi connectivity index (χ4v) is 5.22. The lowest BCUT2D eigenvalue weighted by Gasteiger charge is -2.29. The number of pyridine rings is 1. The normalized spacial score (nSPS) is 12.9. The van der Waals surface area contributed by atoms with Crippen molar-refractivity contribution in [2.75, 3.05) is 14.2 Å². The van der Waals surface area contributed by atoms with Crippen LogP contribution in [0.2, 0.25) is 10.0 Å². The quantitative estimate of drug-likeness (QED) is 0.348. The molecule has 0 spiro atoms. The molecule has 0 aliphatic carbocycles. The van der Waals surface area contributed by atoms with Crippen LogP contribution in [0, 0.1) is 0 Å². The summed E-state index contributed by atoms with van der Waals surface area (Å²) in [5, 5.41) is 31.9. The zero-order valence-corrected chi connectivity index (χ0v) is 19.6. The van der Waals surface area contributed by atoms with E-state index in [0.717, 1.165) is 4.73 Å². The summed E-state index contributed by atoms with van der Waals surface area (Å²) in [6.45, 7) is -0.196. The van der Waals surface area contributed by atoms with Crippen LogP contribution in [0.4, 0.5) is 0 Å². The molecule has 0 aliphatic rings. The molecule has 7 nitrogen and oxygen atoms in total. The molecule has 10 heteroatoms. The second kappa shape index (κ2) is 10.4. The van der Waals surface area contributed by atoms with Gasteiger partial charge >= 0.3 is 0 Å². The first kappa shape index (κ1) is 24.1. The lowest BCUT2D eigenvalue weighted by Crippen LogP contribution is -2.34. The summed E-state index contributed by atoms with van der Waals surface area (Å²) in [7, 11) is 3.00. The molecular weight excluding hydrogens is 477 g/mol. The number of methoxy groups -OCH3 is 2. The zero-order valence-electron chi connectivity index (χ0n) is 17.2. The highest BCUT2D eigenvalue weighted by Gasteiger charge is 2.31. The van der Waals surface area contributed by atoms with E-state index in [1.54, 1.807) is 30.3 Å². The molecule has 0 saturated carbocycles. The third-order valence-corrected chi connectivity index (χ3v) is 6.93. The Balaban J connectivity index is 2.17. The number of aliphatic carboxylic acids is 1. The number of halogens is 2. The van der Waals surface area contributed by atoms with E-state index in [1.807, 2.05) is 0 Å². The number of aliphatic hydroxyl groups excluding tert-OH is 1. The van der Waals surface area contributed by atoms with Crippen LogP contribution in [0.25, 0.3) is 0 Å². The first-order valence-corrected chi connectivity index (χ1v) is 11.1. The molecule has 0 bridgehead atoms. The summed E-state index contributed by atoms with van der Waals surface area (Å²) in [5.74, 6) is -2.07. The number of aromatic nitrogens is 1. The number of hydrogen-bond acceptors (Lipinski definition) is 7. The lowest BCUT2D eigenvalue weighted by molar-refractivity contribution is -0.904. The van der Waals surface area contributed by atoms with E-state index in [9.17, 15) is 20.2 Å². The molecule has 0 saturated heterocycles. The van der Waals surface area contributed by atoms with Gasteiger partial charge in [0.25, 0.3) is 0 Å². The molecule has 0 aliphatic heterocycles. The molecule has 32 heavy (non-hydrogen) atoms. The van der Waals surface area contributed by atoms with Gasteiger partial charge in [0.15, 0.2) is 11.5 Å². The van der Waals surface area contributed by atoms with Crippen LogP contribution >= 0.6 is 34.5 Å². The maximum atomic E-state index is 12.4. The average molecular weight is 498 g/mol. The standard InChI is InChI=1S/C22H21Cl2NO6S/c1-30-18-5-3-12(7-19(18)31-2)14(8-15-16(23)9-25(29)10-17(15)24)21(22(27)28)20-6-4-13(11-26)32-20/h3-7,9-10,14,21,26H,8,11H2,1-2H3,(H-,27,28,29)/t14-,21?/m1/s1. The van der Waals surface area contributed by atoms with Crippen molar-refractivity contribution >= 4 is 40.5 Å². The largest absolute Gasteiger partial charge is 0.549 e. The van der Waals surface area contributed by atoms with Gasteiger partial charge in [0.2, 0.25) is 12.4 Å². The third kappa shape index (κ3) is 5.10. The lowest BCUT2D eigenvalue weighted by atomic mass is 9.80. The number of carbonyl (C=O) groups is 1. The van der Waals surface area contributed by atoms with Crippen molar-refractivity contribution in [2.24, 2.45) is 0 Å². The highest BCUT2D eigenvalue weighted by atomic mass is 35.5. The third-order valence-electron chi connectivity index (χ3n) is 5.13. The number of carbonyl (C=O) groups excluding carboxylic acids is 1. The summed E-state index contributed by atoms with van der Waals surface area (Å²) in [4.78, 5) is 13.5. The van der Waals surface area contributed by atoms with Gasteiger partial charge in [-0.15, -0.1) is 11.3 Å². The number of hydrogen-bond donors (Lipinski definition) is 2. The minimum atomic E-state index is -1.28. The van der Waals surface area contributed by atoms with E-state index in [2.05, 4.69) is 0 Å². The molecular formula is C22H21Cl2NO6S. The first-order chi connectivity index (χ1) is 15.3. The van der Waals surface area contributed by atoms with Gasteiger partial charge in [-0.2, -0.15) is 0 Å². The van der Waals surface area contributed by atoms with Gasteiger partial charge in [0.05, 0.1) is 26.8 Å². The summed E-state index contributed by atoms with van der Waals surface area (Å²) in [6.07, 6.45) is 2.69. The highest BCUT2D eigenvalue weighted by Crippen LogP contribution is 2.42. The Hall–Kier alpha value is -2.52. The number of aliphatic hydroxyl groups is 1. The van der Waals surface area contributed by atoms with Crippen LogP contribution in [0.3, 0.4) is 0 Å². The Morgan fingerprint density at radius 1 is 1.12 bits per heavy atom. The fourth-order valence-electron chi connectivity index (χ4n) is 3.59. The predicted molar refractivity (Wildman–Crippen MR) is 118 cm³/mol. The van der Waals surface area contributed by atoms with Gasteiger partial charge in [-0.05, 0) is 36.2 Å². The SMILES string of the molecule is COc1ccc([C@@H](Cc2c(Cl)c[n+](O)cc2Cl)C(C(=O)[O-])c2ccc(CO)s2)cc1OC. The smallest absolute Gasteiger partial charge is 0.241 e. The number of benzene rings is 1. The Bertz CT molecular complexity index is 1100. The Kier molecular flexibility index (Phi) is 7.84. The van der Waals surface area contributed by atoms with E-state index in [-0.39, 0.29) is 23.1 Å². The Morgan fingerprint density at radius 3 is 2.31 bits per heavy atom. The molecule has 2 aromatic heterocycles. The van der Waals surface area contributed by atoms with E-state index >= 15 is 0 Å². The molecule has 0 radical (unpaired) electrons. The summed E-state index contributed by atoms with van der Waals surface area (Å²) < 4.78 is 11.4. The van der Waals surface area contributed by atoms with E-state index in [4.69, 9.17) is 32.7 Å². The predicted octanol–water partition coefficient (Wildman–Crippen LogP) is 2.95. The average Bonchev–Trinajstić information content (AvgIpc) is 3.23. The topological polar surface area (TPSA) is 103 Å². The fraction of sp³-hybridized carbons (Fsp3) is 0.273. The number of rotatable bonds is 9. The second-order valence-corrected chi connectivity index (χ2v) is 9.01. The molecule has 2 atom stereocenters. The van der Waals surface area contributed by atoms with Crippen LogP contribution in [0.1, 0.15) is 32.7 Å². The highest BCUT2D eigenvalue weighted by molar-refractivity contribution is 7.12. The van der Waals surface area contributed by atoms with Crippen molar-refractivity contribution in [2.45, 2.75) is 24.9 Å².